The van der Waals surface area contributed by atoms with Crippen molar-refractivity contribution in [3.63, 3.8) is 0 Å². The van der Waals surface area contributed by atoms with Crippen molar-refractivity contribution < 1.29 is 4.92 Å². The molecule has 0 spiro atoms. The van der Waals surface area contributed by atoms with Crippen molar-refractivity contribution in [2.75, 3.05) is 0 Å². The fraction of sp³-hybridized carbons (Fsp3) is 0.0625. The number of aromatic nitrogens is 2. The van der Waals surface area contributed by atoms with Gasteiger partial charge in [-0.15, -0.1) is 0 Å². The first-order valence-electron chi connectivity index (χ1n) is 6.52. The summed E-state index contributed by atoms with van der Waals surface area (Å²) in [7, 11) is 0. The second-order valence-electron chi connectivity index (χ2n) is 4.72. The SMILES string of the molecule is Cc1cc(-c2ccc([N+](=O)[O-])cc2)n(-c2ccccc2)n1. The van der Waals surface area contributed by atoms with Gasteiger partial charge in [0.2, 0.25) is 0 Å². The number of nitro groups is 1. The molecule has 0 amide bonds. The van der Waals surface area contributed by atoms with Crippen LogP contribution in [0.1, 0.15) is 5.69 Å². The highest BCUT2D eigenvalue weighted by atomic mass is 16.6. The summed E-state index contributed by atoms with van der Waals surface area (Å²) in [6.45, 7) is 1.92. The van der Waals surface area contributed by atoms with E-state index in [0.29, 0.717) is 0 Å². The highest BCUT2D eigenvalue weighted by Crippen LogP contribution is 2.25. The Bertz CT molecular complexity index is 777. The summed E-state index contributed by atoms with van der Waals surface area (Å²) >= 11 is 0. The summed E-state index contributed by atoms with van der Waals surface area (Å²) in [5.74, 6) is 0. The monoisotopic (exact) mass is 279 g/mol. The Balaban J connectivity index is 2.09. The lowest BCUT2D eigenvalue weighted by molar-refractivity contribution is -0.384. The van der Waals surface area contributed by atoms with Gasteiger partial charge in [-0.1, -0.05) is 18.2 Å². The van der Waals surface area contributed by atoms with Gasteiger partial charge in [0.05, 0.1) is 22.0 Å². The van der Waals surface area contributed by atoms with E-state index < -0.39 is 4.92 Å². The van der Waals surface area contributed by atoms with Crippen LogP contribution >= 0.6 is 0 Å². The van der Waals surface area contributed by atoms with Crippen molar-refractivity contribution in [3.05, 3.63) is 76.5 Å². The zero-order valence-corrected chi connectivity index (χ0v) is 11.4. The summed E-state index contributed by atoms with van der Waals surface area (Å²) in [6.07, 6.45) is 0. The Morgan fingerprint density at radius 1 is 1.05 bits per heavy atom. The highest BCUT2D eigenvalue weighted by molar-refractivity contribution is 5.64. The number of nitrogens with zero attached hydrogens (tertiary/aromatic N) is 3. The van der Waals surface area contributed by atoms with E-state index in [1.165, 1.54) is 12.1 Å². The van der Waals surface area contributed by atoms with E-state index in [4.69, 9.17) is 0 Å². The van der Waals surface area contributed by atoms with E-state index in [0.717, 1.165) is 22.6 Å². The largest absolute Gasteiger partial charge is 0.269 e. The maximum Gasteiger partial charge on any atom is 0.269 e. The van der Waals surface area contributed by atoms with E-state index in [-0.39, 0.29) is 5.69 Å². The van der Waals surface area contributed by atoms with Crippen molar-refractivity contribution in [1.29, 1.82) is 0 Å². The topological polar surface area (TPSA) is 61.0 Å². The third-order valence-electron chi connectivity index (χ3n) is 3.21. The Morgan fingerprint density at radius 3 is 2.33 bits per heavy atom. The number of hydrogen-bond acceptors (Lipinski definition) is 3. The molecular formula is C16H13N3O2. The lowest BCUT2D eigenvalue weighted by atomic mass is 10.1. The number of para-hydroxylation sites is 1. The number of rotatable bonds is 3. The first-order valence-corrected chi connectivity index (χ1v) is 6.52. The molecule has 5 heteroatoms. The fourth-order valence-electron chi connectivity index (χ4n) is 2.23. The minimum Gasteiger partial charge on any atom is -0.258 e. The molecule has 0 N–H and O–H groups in total. The lowest BCUT2D eigenvalue weighted by Gasteiger charge is -2.07. The second kappa shape index (κ2) is 5.20. The van der Waals surface area contributed by atoms with Crippen LogP contribution in [0.2, 0.25) is 0 Å². The van der Waals surface area contributed by atoms with E-state index in [9.17, 15) is 10.1 Å². The molecule has 0 saturated carbocycles. The maximum absolute atomic E-state index is 10.7. The molecule has 0 radical (unpaired) electrons. The number of non-ortho nitro benzene ring substituents is 1. The number of hydrogen-bond donors (Lipinski definition) is 0. The molecule has 0 saturated heterocycles. The molecule has 0 bridgehead atoms. The second-order valence-corrected chi connectivity index (χ2v) is 4.72. The third kappa shape index (κ3) is 2.53. The molecule has 104 valence electrons. The summed E-state index contributed by atoms with van der Waals surface area (Å²) < 4.78 is 1.84. The molecule has 0 aliphatic heterocycles. The summed E-state index contributed by atoms with van der Waals surface area (Å²) in [5.41, 5.74) is 3.74. The molecule has 2 aromatic carbocycles. The van der Waals surface area contributed by atoms with Crippen molar-refractivity contribution in [1.82, 2.24) is 9.78 Å². The van der Waals surface area contributed by atoms with E-state index >= 15 is 0 Å². The molecule has 3 aromatic rings. The van der Waals surface area contributed by atoms with Crippen molar-refractivity contribution >= 4 is 5.69 Å². The van der Waals surface area contributed by atoms with Crippen molar-refractivity contribution in [3.8, 4) is 16.9 Å². The van der Waals surface area contributed by atoms with Crippen LogP contribution in [-0.4, -0.2) is 14.7 Å². The van der Waals surface area contributed by atoms with Crippen LogP contribution < -0.4 is 0 Å². The summed E-state index contributed by atoms with van der Waals surface area (Å²) in [5, 5.41) is 15.2. The lowest BCUT2D eigenvalue weighted by Crippen LogP contribution is -1.99. The Hall–Kier alpha value is -2.95. The van der Waals surface area contributed by atoms with Crippen LogP contribution in [-0.2, 0) is 0 Å². The first-order chi connectivity index (χ1) is 10.1. The molecule has 0 fully saturated rings. The first kappa shape index (κ1) is 13.1. The molecule has 3 rings (SSSR count). The molecule has 0 atom stereocenters. The van der Waals surface area contributed by atoms with Crippen LogP contribution in [0, 0.1) is 17.0 Å². The van der Waals surface area contributed by atoms with Crippen LogP contribution in [0.25, 0.3) is 16.9 Å². The zero-order chi connectivity index (χ0) is 14.8. The predicted octanol–water partition coefficient (Wildman–Crippen LogP) is 3.76. The van der Waals surface area contributed by atoms with Gasteiger partial charge in [-0.3, -0.25) is 10.1 Å². The van der Waals surface area contributed by atoms with Gasteiger partial charge in [-0.05, 0) is 37.3 Å². The molecular weight excluding hydrogens is 266 g/mol. The van der Waals surface area contributed by atoms with Crippen molar-refractivity contribution in [2.45, 2.75) is 6.92 Å². The number of aryl methyl sites for hydroxylation is 1. The van der Waals surface area contributed by atoms with E-state index in [1.54, 1.807) is 12.1 Å². The Kier molecular flexibility index (Phi) is 3.23. The average Bonchev–Trinajstić information content (AvgIpc) is 2.90. The van der Waals surface area contributed by atoms with Crippen LogP contribution in [0.4, 0.5) is 5.69 Å². The summed E-state index contributed by atoms with van der Waals surface area (Å²) in [6, 6.07) is 18.3. The van der Waals surface area contributed by atoms with Crippen LogP contribution in [0.3, 0.4) is 0 Å². The molecule has 0 aliphatic rings. The van der Waals surface area contributed by atoms with Crippen LogP contribution in [0.5, 0.6) is 0 Å². The predicted molar refractivity (Wildman–Crippen MR) is 80.4 cm³/mol. The Morgan fingerprint density at radius 2 is 1.71 bits per heavy atom. The number of benzene rings is 2. The standard InChI is InChI=1S/C16H13N3O2/c1-12-11-16(13-7-9-15(10-8-13)19(20)21)18(17-12)14-5-3-2-4-6-14/h2-11H,1H3. The highest BCUT2D eigenvalue weighted by Gasteiger charge is 2.11. The molecule has 21 heavy (non-hydrogen) atoms. The van der Waals surface area contributed by atoms with Gasteiger partial charge in [0.1, 0.15) is 0 Å². The number of nitro benzene ring substituents is 1. The van der Waals surface area contributed by atoms with E-state index in [2.05, 4.69) is 5.10 Å². The van der Waals surface area contributed by atoms with Crippen molar-refractivity contribution in [2.24, 2.45) is 0 Å². The van der Waals surface area contributed by atoms with Gasteiger partial charge in [0, 0.05) is 17.7 Å². The Labute approximate surface area is 121 Å². The van der Waals surface area contributed by atoms with Gasteiger partial charge >= 0.3 is 0 Å². The molecule has 1 aromatic heterocycles. The smallest absolute Gasteiger partial charge is 0.258 e. The molecule has 1 heterocycles. The molecule has 5 nitrogen and oxygen atoms in total. The molecule has 0 aliphatic carbocycles. The van der Waals surface area contributed by atoms with Gasteiger partial charge in [-0.25, -0.2) is 4.68 Å². The van der Waals surface area contributed by atoms with E-state index in [1.807, 2.05) is 48.0 Å². The van der Waals surface area contributed by atoms with Crippen LogP contribution in [0.15, 0.2) is 60.7 Å². The minimum absolute atomic E-state index is 0.0845. The molecule has 0 unspecified atom stereocenters. The van der Waals surface area contributed by atoms with Gasteiger partial charge < -0.3 is 0 Å². The third-order valence-corrected chi connectivity index (χ3v) is 3.21. The average molecular weight is 279 g/mol. The summed E-state index contributed by atoms with van der Waals surface area (Å²) in [4.78, 5) is 10.3. The van der Waals surface area contributed by atoms with Gasteiger partial charge in [0.15, 0.2) is 0 Å². The van der Waals surface area contributed by atoms with Gasteiger partial charge in [0.25, 0.3) is 5.69 Å². The maximum atomic E-state index is 10.7. The van der Waals surface area contributed by atoms with Gasteiger partial charge in [-0.2, -0.15) is 5.10 Å². The zero-order valence-electron chi connectivity index (χ0n) is 11.4. The quantitative estimate of drug-likeness (QED) is 0.541. The fourth-order valence-corrected chi connectivity index (χ4v) is 2.23. The minimum atomic E-state index is -0.399. The normalized spacial score (nSPS) is 10.5.